The maximum Gasteiger partial charge on any atom is 0.282 e. The van der Waals surface area contributed by atoms with E-state index in [0.717, 1.165) is 21.1 Å². The van der Waals surface area contributed by atoms with Crippen LogP contribution in [-0.4, -0.2) is 35.0 Å². The third-order valence-corrected chi connectivity index (χ3v) is 8.17. The van der Waals surface area contributed by atoms with Crippen LogP contribution in [0.25, 0.3) is 33.5 Å². The van der Waals surface area contributed by atoms with E-state index in [1.807, 2.05) is 74.5 Å². The number of ether oxygens (including phenoxy) is 2. The summed E-state index contributed by atoms with van der Waals surface area (Å²) in [4.78, 5) is 31.1. The summed E-state index contributed by atoms with van der Waals surface area (Å²) in [6.45, 7) is 3.96. The monoisotopic (exact) mass is 776 g/mol. The van der Waals surface area contributed by atoms with E-state index in [1.54, 1.807) is 30.5 Å². The second kappa shape index (κ2) is 13.2. The van der Waals surface area contributed by atoms with E-state index in [2.05, 4.69) is 48.9 Å². The zero-order valence-corrected chi connectivity index (χ0v) is 28.0. The number of anilines is 1. The van der Waals surface area contributed by atoms with Gasteiger partial charge in [0.25, 0.3) is 11.5 Å². The summed E-state index contributed by atoms with van der Waals surface area (Å²) in [6.07, 6.45) is 1.56. The van der Waals surface area contributed by atoms with Gasteiger partial charge in [0.15, 0.2) is 23.9 Å². The number of nitrogens with zero attached hydrogens (tertiary/aromatic N) is 3. The van der Waals surface area contributed by atoms with Gasteiger partial charge in [-0.3, -0.25) is 9.59 Å². The van der Waals surface area contributed by atoms with Gasteiger partial charge in [0.1, 0.15) is 5.58 Å². The zero-order chi connectivity index (χ0) is 31.5. The number of halogens is 2. The van der Waals surface area contributed by atoms with Crippen LogP contribution >= 0.6 is 38.5 Å². The predicted molar refractivity (Wildman–Crippen MR) is 188 cm³/mol. The molecule has 0 aliphatic carbocycles. The first kappa shape index (κ1) is 30.5. The van der Waals surface area contributed by atoms with Crippen molar-refractivity contribution in [3.8, 4) is 23.1 Å². The zero-order valence-electron chi connectivity index (χ0n) is 24.2. The second-order valence-corrected chi connectivity index (χ2v) is 12.1. The van der Waals surface area contributed by atoms with E-state index in [-0.39, 0.29) is 23.9 Å². The maximum absolute atomic E-state index is 13.7. The molecule has 1 N–H and O–H groups in total. The molecule has 6 rings (SSSR count). The highest BCUT2D eigenvalue weighted by atomic mass is 127. The first-order valence-corrected chi connectivity index (χ1v) is 15.9. The second-order valence-electron chi connectivity index (χ2n) is 10.0. The summed E-state index contributed by atoms with van der Waals surface area (Å²) in [5.74, 6) is 1.26. The summed E-state index contributed by atoms with van der Waals surface area (Å²) in [5, 5.41) is 8.73. The molecular formula is C34H26BrIN4O5. The van der Waals surface area contributed by atoms with Gasteiger partial charge in [-0.2, -0.15) is 9.78 Å². The molecule has 1 amide bonds. The number of amides is 1. The maximum atomic E-state index is 13.7. The molecule has 6 aromatic rings. The molecule has 4 aromatic carbocycles. The molecule has 2 aromatic heterocycles. The number of fused-ring (bicyclic) bond motifs is 2. The highest BCUT2D eigenvalue weighted by Gasteiger charge is 2.18. The number of hydrogen-bond donors (Lipinski definition) is 1. The Morgan fingerprint density at radius 2 is 1.87 bits per heavy atom. The first-order chi connectivity index (χ1) is 21.8. The lowest BCUT2D eigenvalue weighted by Crippen LogP contribution is -2.21. The highest BCUT2D eigenvalue weighted by Crippen LogP contribution is 2.34. The Labute approximate surface area is 280 Å². The van der Waals surface area contributed by atoms with Crippen LogP contribution in [0.2, 0.25) is 0 Å². The number of aryl methyl sites for hydroxylation is 1. The fourth-order valence-corrected chi connectivity index (χ4v) is 5.90. The van der Waals surface area contributed by atoms with Crippen molar-refractivity contribution >= 4 is 78.2 Å². The van der Waals surface area contributed by atoms with E-state index >= 15 is 0 Å². The van der Waals surface area contributed by atoms with Crippen molar-refractivity contribution in [2.24, 2.45) is 5.10 Å². The van der Waals surface area contributed by atoms with Crippen LogP contribution in [0, 0.1) is 10.5 Å². The predicted octanol–water partition coefficient (Wildman–Crippen LogP) is 7.78. The number of rotatable bonds is 9. The molecular weight excluding hydrogens is 751 g/mol. The SMILES string of the molecule is CCOc1cc(C=Nn2c(-c3cc4cc(Br)ccc4o3)nc3ccccc3c2=O)cc(I)c1OCC(=O)Nc1ccccc1C. The van der Waals surface area contributed by atoms with Gasteiger partial charge in [0.05, 0.1) is 27.3 Å². The average Bonchev–Trinajstić information content (AvgIpc) is 3.44. The van der Waals surface area contributed by atoms with Gasteiger partial charge < -0.3 is 19.2 Å². The molecule has 0 unspecified atom stereocenters. The van der Waals surface area contributed by atoms with Crippen LogP contribution < -0.4 is 20.3 Å². The standard InChI is InChI=1S/C34H26BrIN4O5/c1-3-43-29-15-21(14-25(36)32(29)44-19-31(41)38-26-10-6-4-8-20(26)2)18-37-40-33(39-27-11-7-5-9-24(27)34(40)42)30-17-22-16-23(35)12-13-28(22)45-30/h4-18H,3,19H2,1-2H3,(H,38,41). The van der Waals surface area contributed by atoms with Gasteiger partial charge in [0.2, 0.25) is 5.82 Å². The van der Waals surface area contributed by atoms with E-state index in [1.165, 1.54) is 4.68 Å². The van der Waals surface area contributed by atoms with Gasteiger partial charge >= 0.3 is 0 Å². The Kier molecular flexibility index (Phi) is 8.99. The third-order valence-electron chi connectivity index (χ3n) is 6.87. The molecule has 11 heteroatoms. The number of benzene rings is 4. The molecule has 0 atom stereocenters. The van der Waals surface area contributed by atoms with E-state index in [4.69, 9.17) is 18.9 Å². The Hall–Kier alpha value is -4.49. The van der Waals surface area contributed by atoms with E-state index in [9.17, 15) is 9.59 Å². The number of carbonyl (C=O) groups is 1. The Morgan fingerprint density at radius 3 is 2.69 bits per heavy atom. The number of para-hydroxylation sites is 2. The minimum atomic E-state index is -0.340. The van der Waals surface area contributed by atoms with E-state index in [0.29, 0.717) is 49.5 Å². The average molecular weight is 777 g/mol. The van der Waals surface area contributed by atoms with Crippen molar-refractivity contribution in [2.45, 2.75) is 13.8 Å². The van der Waals surface area contributed by atoms with Crippen LogP contribution in [-0.2, 0) is 4.79 Å². The van der Waals surface area contributed by atoms with Gasteiger partial charge in [-0.15, -0.1) is 0 Å². The van der Waals surface area contributed by atoms with Crippen molar-refractivity contribution in [1.29, 1.82) is 0 Å². The van der Waals surface area contributed by atoms with Crippen molar-refractivity contribution in [1.82, 2.24) is 9.66 Å². The Balaban J connectivity index is 1.33. The van der Waals surface area contributed by atoms with Gasteiger partial charge in [0, 0.05) is 15.5 Å². The summed E-state index contributed by atoms with van der Waals surface area (Å²) < 4.78 is 20.7. The minimum absolute atomic E-state index is 0.201. The molecule has 0 saturated heterocycles. The number of furan rings is 1. The molecule has 9 nitrogen and oxygen atoms in total. The Morgan fingerprint density at radius 1 is 1.07 bits per heavy atom. The van der Waals surface area contributed by atoms with Crippen LogP contribution in [0.3, 0.4) is 0 Å². The number of aromatic nitrogens is 2. The van der Waals surface area contributed by atoms with Crippen LogP contribution in [0.1, 0.15) is 18.1 Å². The molecule has 0 saturated carbocycles. The van der Waals surface area contributed by atoms with Crippen molar-refractivity contribution in [3.63, 3.8) is 0 Å². The summed E-state index contributed by atoms with van der Waals surface area (Å²) in [7, 11) is 0. The number of carbonyl (C=O) groups excluding carboxylic acids is 1. The minimum Gasteiger partial charge on any atom is -0.490 e. The fraction of sp³-hybridized carbons (Fsp3) is 0.118. The van der Waals surface area contributed by atoms with Crippen molar-refractivity contribution in [3.05, 3.63) is 114 Å². The molecule has 0 radical (unpaired) electrons. The Bertz CT molecular complexity index is 2160. The van der Waals surface area contributed by atoms with Crippen molar-refractivity contribution in [2.75, 3.05) is 18.5 Å². The number of hydrogen-bond acceptors (Lipinski definition) is 7. The van der Waals surface area contributed by atoms with Crippen LogP contribution in [0.15, 0.2) is 104 Å². The topological polar surface area (TPSA) is 108 Å². The van der Waals surface area contributed by atoms with Crippen LogP contribution in [0.5, 0.6) is 11.5 Å². The molecule has 0 bridgehead atoms. The van der Waals surface area contributed by atoms with Gasteiger partial charge in [-0.05, 0) is 102 Å². The molecule has 0 aliphatic heterocycles. The molecule has 2 heterocycles. The smallest absolute Gasteiger partial charge is 0.282 e. The normalized spacial score (nSPS) is 11.4. The molecule has 0 fully saturated rings. The number of nitrogens with one attached hydrogen (secondary N) is 1. The molecule has 0 aliphatic rings. The highest BCUT2D eigenvalue weighted by molar-refractivity contribution is 14.1. The van der Waals surface area contributed by atoms with Gasteiger partial charge in [-0.1, -0.05) is 46.3 Å². The molecule has 226 valence electrons. The lowest BCUT2D eigenvalue weighted by Gasteiger charge is -2.15. The third kappa shape index (κ3) is 6.64. The lowest BCUT2D eigenvalue weighted by molar-refractivity contribution is -0.118. The molecule has 0 spiro atoms. The lowest BCUT2D eigenvalue weighted by atomic mass is 10.2. The van der Waals surface area contributed by atoms with E-state index < -0.39 is 0 Å². The first-order valence-electron chi connectivity index (χ1n) is 14.0. The fourth-order valence-electron chi connectivity index (χ4n) is 4.74. The van der Waals surface area contributed by atoms with Crippen LogP contribution in [0.4, 0.5) is 5.69 Å². The summed E-state index contributed by atoms with van der Waals surface area (Å²) >= 11 is 5.62. The summed E-state index contributed by atoms with van der Waals surface area (Å²) in [6, 6.07) is 25.7. The van der Waals surface area contributed by atoms with Crippen molar-refractivity contribution < 1.29 is 18.7 Å². The molecule has 45 heavy (non-hydrogen) atoms. The largest absolute Gasteiger partial charge is 0.490 e. The summed E-state index contributed by atoms with van der Waals surface area (Å²) in [5.41, 5.74) is 3.19. The van der Waals surface area contributed by atoms with Gasteiger partial charge in [-0.25, -0.2) is 4.98 Å². The quantitative estimate of drug-likeness (QED) is 0.119.